The summed E-state index contributed by atoms with van der Waals surface area (Å²) < 4.78 is 86.5. The molecule has 0 aliphatic carbocycles. The summed E-state index contributed by atoms with van der Waals surface area (Å²) in [6, 6.07) is 4.18. The normalized spacial score (nSPS) is 11.2. The molecule has 0 aliphatic rings. The third-order valence-electron chi connectivity index (χ3n) is 4.40. The maximum Gasteiger partial charge on any atom is 0.416 e. The Labute approximate surface area is 182 Å². The van der Waals surface area contributed by atoms with E-state index in [0.717, 1.165) is 19.2 Å². The zero-order valence-corrected chi connectivity index (χ0v) is 16.6. The molecule has 1 aromatic heterocycles. The van der Waals surface area contributed by atoms with Crippen molar-refractivity contribution in [2.45, 2.75) is 13.1 Å². The fraction of sp³-hybridized carbons (Fsp3) is 0.0952. The number of carbonyl (C=O) groups is 2. The van der Waals surface area contributed by atoms with Crippen LogP contribution >= 0.6 is 0 Å². The second-order valence-corrected chi connectivity index (χ2v) is 6.66. The maximum atomic E-state index is 14.0. The van der Waals surface area contributed by atoms with Crippen molar-refractivity contribution in [2.24, 2.45) is 5.73 Å². The first-order chi connectivity index (χ1) is 15.4. The topological polar surface area (TPSA) is 94.3 Å². The number of anilines is 1. The molecule has 0 saturated carbocycles. The SMILES string of the molecule is Cc1c(C(F)(F)F)ccc(Oc2c(F)cc(F)cc2F)c1C(=O)Nc1ccnc(C(N)=O)c1. The van der Waals surface area contributed by atoms with E-state index in [1.165, 1.54) is 6.07 Å². The number of hydrogen-bond donors (Lipinski definition) is 2. The predicted octanol–water partition coefficient (Wildman–Crippen LogP) is 4.97. The molecule has 3 aromatic rings. The molecule has 12 heteroatoms. The fourth-order valence-corrected chi connectivity index (χ4v) is 2.93. The monoisotopic (exact) mass is 469 g/mol. The minimum Gasteiger partial charge on any atom is -0.450 e. The Balaban J connectivity index is 2.10. The van der Waals surface area contributed by atoms with Crippen molar-refractivity contribution in [1.29, 1.82) is 0 Å². The van der Waals surface area contributed by atoms with Crippen molar-refractivity contribution < 1.29 is 40.7 Å². The van der Waals surface area contributed by atoms with Crippen LogP contribution in [0.1, 0.15) is 32.0 Å². The van der Waals surface area contributed by atoms with Crippen molar-refractivity contribution in [3.8, 4) is 11.5 Å². The van der Waals surface area contributed by atoms with Crippen molar-refractivity contribution in [1.82, 2.24) is 4.98 Å². The van der Waals surface area contributed by atoms with Gasteiger partial charge >= 0.3 is 6.18 Å². The fourth-order valence-electron chi connectivity index (χ4n) is 2.93. The van der Waals surface area contributed by atoms with Gasteiger partial charge in [0.2, 0.25) is 0 Å². The van der Waals surface area contributed by atoms with E-state index < -0.39 is 63.6 Å². The van der Waals surface area contributed by atoms with Gasteiger partial charge in [-0.05, 0) is 36.8 Å². The van der Waals surface area contributed by atoms with Gasteiger partial charge < -0.3 is 15.8 Å². The molecule has 1 heterocycles. The third-order valence-corrected chi connectivity index (χ3v) is 4.40. The number of nitrogens with one attached hydrogen (secondary N) is 1. The molecule has 0 radical (unpaired) electrons. The van der Waals surface area contributed by atoms with Crippen LogP contribution in [0.25, 0.3) is 0 Å². The molecule has 0 atom stereocenters. The van der Waals surface area contributed by atoms with Gasteiger partial charge in [0.25, 0.3) is 11.8 Å². The molecule has 0 saturated heterocycles. The lowest BCUT2D eigenvalue weighted by Crippen LogP contribution is -2.19. The number of alkyl halides is 3. The number of nitrogens with zero attached hydrogens (tertiary/aromatic N) is 1. The Morgan fingerprint density at radius 2 is 1.67 bits per heavy atom. The minimum atomic E-state index is -4.86. The lowest BCUT2D eigenvalue weighted by Gasteiger charge is -2.18. The highest BCUT2D eigenvalue weighted by atomic mass is 19.4. The summed E-state index contributed by atoms with van der Waals surface area (Å²) in [6.45, 7) is 0.962. The van der Waals surface area contributed by atoms with E-state index in [1.807, 2.05) is 0 Å². The molecule has 0 unspecified atom stereocenters. The van der Waals surface area contributed by atoms with E-state index >= 15 is 0 Å². The number of rotatable bonds is 5. The standard InChI is InChI=1S/C21H13F6N3O3/c1-9-12(21(25,26)27)2-3-16(33-18-13(23)6-10(22)7-14(18)24)17(9)20(32)30-11-4-5-29-15(8-11)19(28)31/h2-8H,1H3,(H2,28,31)(H,29,30,32). The van der Waals surface area contributed by atoms with Gasteiger partial charge in [0.05, 0.1) is 11.1 Å². The number of primary amides is 1. The zero-order chi connectivity index (χ0) is 24.5. The molecule has 0 aliphatic heterocycles. The molecule has 172 valence electrons. The van der Waals surface area contributed by atoms with Gasteiger partial charge in [-0.3, -0.25) is 14.6 Å². The van der Waals surface area contributed by atoms with E-state index in [0.29, 0.717) is 24.3 Å². The molecule has 0 spiro atoms. The summed E-state index contributed by atoms with van der Waals surface area (Å²) in [4.78, 5) is 27.8. The summed E-state index contributed by atoms with van der Waals surface area (Å²) in [5.41, 5.74) is 2.31. The maximum absolute atomic E-state index is 14.0. The first kappa shape index (κ1) is 23.6. The Hall–Kier alpha value is -4.09. The zero-order valence-electron chi connectivity index (χ0n) is 16.6. The van der Waals surface area contributed by atoms with Crippen LogP contribution < -0.4 is 15.8 Å². The van der Waals surface area contributed by atoms with E-state index in [2.05, 4.69) is 10.3 Å². The van der Waals surface area contributed by atoms with Crippen molar-refractivity contribution in [3.05, 3.63) is 82.4 Å². The second-order valence-electron chi connectivity index (χ2n) is 6.66. The van der Waals surface area contributed by atoms with E-state index in [1.54, 1.807) is 0 Å². The average Bonchev–Trinajstić information content (AvgIpc) is 2.69. The van der Waals surface area contributed by atoms with Crippen molar-refractivity contribution in [3.63, 3.8) is 0 Å². The van der Waals surface area contributed by atoms with Crippen LogP contribution in [0.5, 0.6) is 11.5 Å². The van der Waals surface area contributed by atoms with Gasteiger partial charge in [0, 0.05) is 24.0 Å². The molecule has 33 heavy (non-hydrogen) atoms. The molecule has 2 aromatic carbocycles. The Kier molecular flexibility index (Phi) is 6.29. The van der Waals surface area contributed by atoms with E-state index in [4.69, 9.17) is 10.5 Å². The highest BCUT2D eigenvalue weighted by Gasteiger charge is 2.35. The molecule has 0 bridgehead atoms. The number of hydrogen-bond acceptors (Lipinski definition) is 4. The summed E-state index contributed by atoms with van der Waals surface area (Å²) in [7, 11) is 0. The van der Waals surface area contributed by atoms with Gasteiger partial charge in [-0.15, -0.1) is 0 Å². The number of pyridine rings is 1. The second kappa shape index (κ2) is 8.81. The molecular weight excluding hydrogens is 456 g/mol. The lowest BCUT2D eigenvalue weighted by molar-refractivity contribution is -0.138. The Morgan fingerprint density at radius 3 is 2.24 bits per heavy atom. The summed E-state index contributed by atoms with van der Waals surface area (Å²) in [6.07, 6.45) is -3.74. The number of carbonyl (C=O) groups excluding carboxylic acids is 2. The van der Waals surface area contributed by atoms with Crippen LogP contribution in [0.2, 0.25) is 0 Å². The van der Waals surface area contributed by atoms with Crippen LogP contribution in [-0.4, -0.2) is 16.8 Å². The molecular formula is C21H13F6N3O3. The molecule has 2 amide bonds. The Morgan fingerprint density at radius 1 is 1.03 bits per heavy atom. The summed E-state index contributed by atoms with van der Waals surface area (Å²) in [5.74, 6) is -8.03. The predicted molar refractivity (Wildman–Crippen MR) is 103 cm³/mol. The van der Waals surface area contributed by atoms with Gasteiger partial charge in [-0.1, -0.05) is 0 Å². The summed E-state index contributed by atoms with van der Waals surface area (Å²) >= 11 is 0. The minimum absolute atomic E-state index is 0.0503. The van der Waals surface area contributed by atoms with Crippen LogP contribution in [0.3, 0.4) is 0 Å². The van der Waals surface area contributed by atoms with Crippen molar-refractivity contribution in [2.75, 3.05) is 5.32 Å². The highest BCUT2D eigenvalue weighted by Crippen LogP contribution is 2.39. The number of amides is 2. The number of nitrogens with two attached hydrogens (primary N) is 1. The lowest BCUT2D eigenvalue weighted by atomic mass is 10.00. The van der Waals surface area contributed by atoms with E-state index in [9.17, 15) is 35.9 Å². The van der Waals surface area contributed by atoms with E-state index in [-0.39, 0.29) is 11.4 Å². The number of benzene rings is 2. The van der Waals surface area contributed by atoms with Gasteiger partial charge in [-0.25, -0.2) is 13.2 Å². The Bertz CT molecular complexity index is 1240. The van der Waals surface area contributed by atoms with Crippen LogP contribution in [0.15, 0.2) is 42.6 Å². The van der Waals surface area contributed by atoms with Crippen LogP contribution in [0, 0.1) is 24.4 Å². The smallest absolute Gasteiger partial charge is 0.416 e. The van der Waals surface area contributed by atoms with Gasteiger partial charge in [-0.2, -0.15) is 13.2 Å². The first-order valence-electron chi connectivity index (χ1n) is 8.99. The number of halogens is 6. The largest absolute Gasteiger partial charge is 0.450 e. The number of aromatic nitrogens is 1. The molecule has 6 nitrogen and oxygen atoms in total. The molecule has 0 fully saturated rings. The molecule has 3 N–H and O–H groups in total. The summed E-state index contributed by atoms with van der Waals surface area (Å²) in [5, 5.41) is 2.26. The van der Waals surface area contributed by atoms with Crippen LogP contribution in [-0.2, 0) is 6.18 Å². The van der Waals surface area contributed by atoms with Crippen LogP contribution in [0.4, 0.5) is 32.0 Å². The first-order valence-corrected chi connectivity index (χ1v) is 8.99. The highest BCUT2D eigenvalue weighted by molar-refractivity contribution is 6.08. The quantitative estimate of drug-likeness (QED) is 0.516. The van der Waals surface area contributed by atoms with Gasteiger partial charge in [0.1, 0.15) is 17.3 Å². The molecule has 3 rings (SSSR count). The van der Waals surface area contributed by atoms with Crippen molar-refractivity contribution >= 4 is 17.5 Å². The number of ether oxygens (including phenoxy) is 1. The van der Waals surface area contributed by atoms with Gasteiger partial charge in [0.15, 0.2) is 17.4 Å². The average molecular weight is 469 g/mol. The third kappa shape index (κ3) is 5.05.